The van der Waals surface area contributed by atoms with Gasteiger partial charge in [0.1, 0.15) is 5.75 Å². The van der Waals surface area contributed by atoms with Crippen LogP contribution in [0, 0.1) is 12.3 Å². The van der Waals surface area contributed by atoms with Gasteiger partial charge in [-0.2, -0.15) is 0 Å². The van der Waals surface area contributed by atoms with Crippen LogP contribution in [0.3, 0.4) is 0 Å². The molecule has 1 aromatic carbocycles. The van der Waals surface area contributed by atoms with E-state index >= 15 is 0 Å². The highest BCUT2D eigenvalue weighted by Crippen LogP contribution is 2.27. The first kappa shape index (κ1) is 11.2. The number of hydrogen-bond donors (Lipinski definition) is 0. The van der Waals surface area contributed by atoms with Crippen LogP contribution in [-0.2, 0) is 0 Å². The van der Waals surface area contributed by atoms with E-state index in [9.17, 15) is 0 Å². The lowest BCUT2D eigenvalue weighted by atomic mass is 10.3. The van der Waals surface area contributed by atoms with Crippen LogP contribution in [0.25, 0.3) is 0 Å². The molecular formula is C11H10Cl2O. The molecule has 0 radical (unpaired) electrons. The number of ether oxygens (including phenoxy) is 1. The highest BCUT2D eigenvalue weighted by Gasteiger charge is 2.01. The first-order valence-corrected chi connectivity index (χ1v) is 5.01. The lowest BCUT2D eigenvalue weighted by Crippen LogP contribution is -1.96. The van der Waals surface area contributed by atoms with Crippen LogP contribution in [-0.4, -0.2) is 6.61 Å². The molecule has 0 saturated carbocycles. The molecule has 74 valence electrons. The van der Waals surface area contributed by atoms with E-state index in [0.29, 0.717) is 28.8 Å². The van der Waals surface area contributed by atoms with E-state index in [4.69, 9.17) is 34.4 Å². The number of unbranched alkanes of at least 4 members (excludes halogenated alkanes) is 1. The van der Waals surface area contributed by atoms with E-state index in [2.05, 4.69) is 5.92 Å². The molecule has 0 fully saturated rings. The van der Waals surface area contributed by atoms with Gasteiger partial charge in [0.25, 0.3) is 0 Å². The lowest BCUT2D eigenvalue weighted by molar-refractivity contribution is 0.313. The molecule has 0 saturated heterocycles. The van der Waals surface area contributed by atoms with Crippen LogP contribution in [0.15, 0.2) is 18.2 Å². The summed E-state index contributed by atoms with van der Waals surface area (Å²) in [4.78, 5) is 0. The van der Waals surface area contributed by atoms with Crippen molar-refractivity contribution in [2.45, 2.75) is 12.8 Å². The van der Waals surface area contributed by atoms with Gasteiger partial charge >= 0.3 is 0 Å². The molecule has 0 aromatic heterocycles. The van der Waals surface area contributed by atoms with Gasteiger partial charge in [0.05, 0.1) is 11.6 Å². The summed E-state index contributed by atoms with van der Waals surface area (Å²) in [5.74, 6) is 3.19. The fourth-order valence-corrected chi connectivity index (χ4v) is 1.41. The Labute approximate surface area is 94.0 Å². The normalized spacial score (nSPS) is 9.50. The minimum absolute atomic E-state index is 0.526. The van der Waals surface area contributed by atoms with Gasteiger partial charge in [-0.15, -0.1) is 12.3 Å². The van der Waals surface area contributed by atoms with E-state index in [-0.39, 0.29) is 0 Å². The standard InChI is InChI=1S/C11H10Cl2O/c1-2-3-4-7-14-11-6-5-9(12)8-10(11)13/h1,5-6,8H,3-4,7H2. The van der Waals surface area contributed by atoms with E-state index in [1.165, 1.54) is 0 Å². The Morgan fingerprint density at radius 1 is 1.36 bits per heavy atom. The number of halogens is 2. The van der Waals surface area contributed by atoms with Crippen molar-refractivity contribution in [3.05, 3.63) is 28.2 Å². The minimum atomic E-state index is 0.526. The molecule has 0 aliphatic heterocycles. The quantitative estimate of drug-likeness (QED) is 0.563. The average molecular weight is 229 g/mol. The Hall–Kier alpha value is -0.840. The van der Waals surface area contributed by atoms with E-state index in [0.717, 1.165) is 6.42 Å². The van der Waals surface area contributed by atoms with Gasteiger partial charge < -0.3 is 4.74 Å². The number of benzene rings is 1. The van der Waals surface area contributed by atoms with Crippen LogP contribution in [0.4, 0.5) is 0 Å². The molecule has 0 aliphatic rings. The van der Waals surface area contributed by atoms with Crippen LogP contribution >= 0.6 is 23.2 Å². The van der Waals surface area contributed by atoms with Crippen molar-refractivity contribution < 1.29 is 4.74 Å². The lowest BCUT2D eigenvalue weighted by Gasteiger charge is -2.06. The average Bonchev–Trinajstić information content (AvgIpc) is 2.15. The van der Waals surface area contributed by atoms with Crippen LogP contribution in [0.1, 0.15) is 12.8 Å². The highest BCUT2D eigenvalue weighted by molar-refractivity contribution is 6.35. The minimum Gasteiger partial charge on any atom is -0.492 e. The molecule has 0 amide bonds. The van der Waals surface area contributed by atoms with Gasteiger partial charge in [-0.05, 0) is 24.6 Å². The molecule has 0 spiro atoms. The summed E-state index contributed by atoms with van der Waals surface area (Å²) in [6.45, 7) is 0.575. The monoisotopic (exact) mass is 228 g/mol. The number of terminal acetylenes is 1. The number of hydrogen-bond acceptors (Lipinski definition) is 1. The molecule has 0 aliphatic carbocycles. The molecule has 0 heterocycles. The molecule has 1 nitrogen and oxygen atoms in total. The molecule has 0 N–H and O–H groups in total. The number of rotatable bonds is 4. The summed E-state index contributed by atoms with van der Waals surface area (Å²) in [6, 6.07) is 5.14. The second-order valence-corrected chi connectivity index (χ2v) is 3.57. The maximum absolute atomic E-state index is 5.89. The first-order valence-electron chi connectivity index (χ1n) is 4.25. The summed E-state index contributed by atoms with van der Waals surface area (Å²) < 4.78 is 5.41. The fraction of sp³-hybridized carbons (Fsp3) is 0.273. The van der Waals surface area contributed by atoms with Crippen molar-refractivity contribution >= 4 is 23.2 Å². The summed E-state index contributed by atoms with van der Waals surface area (Å²) in [5, 5.41) is 1.13. The predicted octanol–water partition coefficient (Wildman–Crippen LogP) is 3.79. The second kappa shape index (κ2) is 5.80. The highest BCUT2D eigenvalue weighted by atomic mass is 35.5. The van der Waals surface area contributed by atoms with Crippen molar-refractivity contribution in [2.24, 2.45) is 0 Å². The Morgan fingerprint density at radius 3 is 2.79 bits per heavy atom. The van der Waals surface area contributed by atoms with E-state index in [1.807, 2.05) is 0 Å². The van der Waals surface area contributed by atoms with Crippen LogP contribution in [0.2, 0.25) is 10.0 Å². The van der Waals surface area contributed by atoms with Crippen molar-refractivity contribution in [3.8, 4) is 18.1 Å². The topological polar surface area (TPSA) is 9.23 Å². The van der Waals surface area contributed by atoms with Gasteiger partial charge in [-0.1, -0.05) is 23.2 Å². The largest absolute Gasteiger partial charge is 0.492 e. The van der Waals surface area contributed by atoms with Gasteiger partial charge in [-0.3, -0.25) is 0 Å². The van der Waals surface area contributed by atoms with Gasteiger partial charge in [0.15, 0.2) is 0 Å². The Bertz CT molecular complexity index is 342. The zero-order chi connectivity index (χ0) is 10.4. The Kier molecular flexibility index (Phi) is 4.65. The zero-order valence-corrected chi connectivity index (χ0v) is 9.11. The van der Waals surface area contributed by atoms with Crippen LogP contribution < -0.4 is 4.74 Å². The SMILES string of the molecule is C#CCCCOc1ccc(Cl)cc1Cl. The van der Waals surface area contributed by atoms with Gasteiger partial charge in [0, 0.05) is 11.4 Å². The molecule has 1 rings (SSSR count). The smallest absolute Gasteiger partial charge is 0.137 e. The van der Waals surface area contributed by atoms with Crippen molar-refractivity contribution in [1.29, 1.82) is 0 Å². The van der Waals surface area contributed by atoms with Crippen molar-refractivity contribution in [3.63, 3.8) is 0 Å². The molecule has 0 unspecified atom stereocenters. The van der Waals surface area contributed by atoms with Crippen molar-refractivity contribution in [2.75, 3.05) is 6.61 Å². The maximum Gasteiger partial charge on any atom is 0.137 e. The molecule has 0 atom stereocenters. The molecule has 1 aromatic rings. The Balaban J connectivity index is 2.47. The summed E-state index contributed by atoms with van der Waals surface area (Å²) in [5.41, 5.74) is 0. The molecular weight excluding hydrogens is 219 g/mol. The van der Waals surface area contributed by atoms with E-state index < -0.39 is 0 Å². The second-order valence-electron chi connectivity index (χ2n) is 2.73. The predicted molar refractivity (Wildman–Crippen MR) is 60.0 cm³/mol. The van der Waals surface area contributed by atoms with Gasteiger partial charge in [0.2, 0.25) is 0 Å². The molecule has 14 heavy (non-hydrogen) atoms. The third-order valence-corrected chi connectivity index (χ3v) is 2.15. The van der Waals surface area contributed by atoms with E-state index in [1.54, 1.807) is 18.2 Å². The summed E-state index contributed by atoms with van der Waals surface area (Å²) >= 11 is 11.6. The first-order chi connectivity index (χ1) is 6.74. The summed E-state index contributed by atoms with van der Waals surface area (Å²) in [7, 11) is 0. The molecule has 3 heteroatoms. The van der Waals surface area contributed by atoms with Crippen molar-refractivity contribution in [1.82, 2.24) is 0 Å². The third kappa shape index (κ3) is 3.49. The molecule has 0 bridgehead atoms. The Morgan fingerprint density at radius 2 is 2.14 bits per heavy atom. The maximum atomic E-state index is 5.89. The van der Waals surface area contributed by atoms with Gasteiger partial charge in [-0.25, -0.2) is 0 Å². The third-order valence-electron chi connectivity index (χ3n) is 1.62. The van der Waals surface area contributed by atoms with Crippen LogP contribution in [0.5, 0.6) is 5.75 Å². The fourth-order valence-electron chi connectivity index (χ4n) is 0.949. The summed E-state index contributed by atoms with van der Waals surface area (Å²) in [6.07, 6.45) is 6.65. The zero-order valence-electron chi connectivity index (χ0n) is 7.59.